The molecule has 206 valence electrons. The number of amides is 1. The Bertz CT molecular complexity index is 1140. The first-order valence-corrected chi connectivity index (χ1v) is 12.5. The van der Waals surface area contributed by atoms with E-state index in [0.29, 0.717) is 24.3 Å². The zero-order valence-corrected chi connectivity index (χ0v) is 22.1. The molecule has 38 heavy (non-hydrogen) atoms. The smallest absolute Gasteiger partial charge is 0.306 e. The van der Waals surface area contributed by atoms with Crippen LogP contribution >= 0.6 is 0 Å². The summed E-state index contributed by atoms with van der Waals surface area (Å²) in [5, 5.41) is 11.6. The maximum atomic E-state index is 13.6. The Hall–Kier alpha value is -3.53. The Morgan fingerprint density at radius 2 is 1.79 bits per heavy atom. The standard InChI is InChI=1S/C28H34F2N2O6/c1-18-28(11-10-24(34)38-27(2,3)4,26(35)31-17-19-14-21(29)16-22(30)15-19)32-25(37-18)20-6-8-23(9-7-20)36-13-5-12-33/h6-9,14-16,18,33H,5,10-13,17H2,1-4H3,(H,31,35)/t18-,28-/m1/s1. The summed E-state index contributed by atoms with van der Waals surface area (Å²) in [6.07, 6.45) is -0.337. The number of hydrogen-bond acceptors (Lipinski definition) is 7. The zero-order chi connectivity index (χ0) is 27.9. The fourth-order valence-electron chi connectivity index (χ4n) is 3.99. The topological polar surface area (TPSA) is 106 Å². The molecule has 0 aromatic heterocycles. The van der Waals surface area contributed by atoms with Crippen molar-refractivity contribution >= 4 is 17.8 Å². The van der Waals surface area contributed by atoms with Crippen molar-refractivity contribution in [3.8, 4) is 5.75 Å². The van der Waals surface area contributed by atoms with Crippen molar-refractivity contribution < 1.29 is 37.7 Å². The van der Waals surface area contributed by atoms with E-state index in [4.69, 9.17) is 19.3 Å². The molecule has 2 aromatic rings. The molecule has 3 rings (SSSR count). The molecule has 8 nitrogen and oxygen atoms in total. The van der Waals surface area contributed by atoms with Crippen molar-refractivity contribution in [2.45, 2.75) is 70.7 Å². The number of hydrogen-bond donors (Lipinski definition) is 2. The van der Waals surface area contributed by atoms with Crippen LogP contribution in [-0.4, -0.2) is 53.3 Å². The van der Waals surface area contributed by atoms with Crippen LogP contribution in [0.2, 0.25) is 0 Å². The molecule has 0 saturated carbocycles. The van der Waals surface area contributed by atoms with Gasteiger partial charge in [0.05, 0.1) is 6.61 Å². The number of aliphatic hydroxyl groups is 1. The number of aliphatic hydroxyl groups excluding tert-OH is 1. The van der Waals surface area contributed by atoms with Crippen LogP contribution < -0.4 is 10.1 Å². The molecule has 1 amide bonds. The number of halogens is 2. The maximum absolute atomic E-state index is 13.6. The van der Waals surface area contributed by atoms with Crippen molar-refractivity contribution in [1.82, 2.24) is 5.32 Å². The lowest BCUT2D eigenvalue weighted by molar-refractivity contribution is -0.155. The third-order valence-corrected chi connectivity index (χ3v) is 5.83. The van der Waals surface area contributed by atoms with E-state index in [2.05, 4.69) is 10.3 Å². The fraction of sp³-hybridized carbons (Fsp3) is 0.464. The van der Waals surface area contributed by atoms with Gasteiger partial charge in [-0.05, 0) is 76.1 Å². The van der Waals surface area contributed by atoms with Crippen molar-refractivity contribution in [1.29, 1.82) is 0 Å². The molecule has 2 N–H and O–H groups in total. The van der Waals surface area contributed by atoms with E-state index in [1.54, 1.807) is 52.0 Å². The van der Waals surface area contributed by atoms with E-state index >= 15 is 0 Å². The number of aliphatic imine (C=N–C) groups is 1. The summed E-state index contributed by atoms with van der Waals surface area (Å²) in [6.45, 7) is 7.19. The first-order valence-electron chi connectivity index (χ1n) is 12.5. The molecule has 0 fully saturated rings. The molecule has 0 bridgehead atoms. The summed E-state index contributed by atoms with van der Waals surface area (Å²) >= 11 is 0. The number of rotatable bonds is 11. The third kappa shape index (κ3) is 7.74. The summed E-state index contributed by atoms with van der Waals surface area (Å²) in [5.74, 6) is -1.72. The van der Waals surface area contributed by atoms with Crippen molar-refractivity contribution in [3.05, 3.63) is 65.2 Å². The quantitative estimate of drug-likeness (QED) is 0.334. The van der Waals surface area contributed by atoms with E-state index in [1.165, 1.54) is 0 Å². The lowest BCUT2D eigenvalue weighted by atomic mass is 9.87. The largest absolute Gasteiger partial charge is 0.494 e. The molecule has 10 heteroatoms. The Balaban J connectivity index is 1.84. The minimum Gasteiger partial charge on any atom is -0.494 e. The van der Waals surface area contributed by atoms with Crippen LogP contribution in [0.4, 0.5) is 8.78 Å². The zero-order valence-electron chi connectivity index (χ0n) is 22.1. The SMILES string of the molecule is C[C@H]1OC(c2ccc(OCCCO)cc2)=N[C@@]1(CCC(=O)OC(C)(C)C)C(=O)NCc1cc(F)cc(F)c1. The van der Waals surface area contributed by atoms with Gasteiger partial charge in [0, 0.05) is 37.6 Å². The molecular formula is C28H34F2N2O6. The van der Waals surface area contributed by atoms with Crippen molar-refractivity contribution in [3.63, 3.8) is 0 Å². The van der Waals surface area contributed by atoms with Crippen LogP contribution in [0.25, 0.3) is 0 Å². The Kier molecular flexibility index (Phi) is 9.43. The van der Waals surface area contributed by atoms with E-state index < -0.39 is 40.8 Å². The van der Waals surface area contributed by atoms with E-state index in [0.717, 1.165) is 18.2 Å². The van der Waals surface area contributed by atoms with Crippen molar-refractivity contribution in [2.24, 2.45) is 4.99 Å². The minimum absolute atomic E-state index is 0.00171. The number of nitrogens with one attached hydrogen (secondary N) is 1. The third-order valence-electron chi connectivity index (χ3n) is 5.83. The molecule has 0 spiro atoms. The highest BCUT2D eigenvalue weighted by molar-refractivity contribution is 6.00. The van der Waals surface area contributed by atoms with Gasteiger partial charge in [-0.1, -0.05) is 0 Å². The molecule has 0 radical (unpaired) electrons. The Labute approximate surface area is 221 Å². The number of ether oxygens (including phenoxy) is 3. The van der Waals surface area contributed by atoms with Gasteiger partial charge in [0.15, 0.2) is 5.54 Å². The predicted octanol–water partition coefficient (Wildman–Crippen LogP) is 4.07. The summed E-state index contributed by atoms with van der Waals surface area (Å²) in [6, 6.07) is 9.92. The van der Waals surface area contributed by atoms with E-state index in [-0.39, 0.29) is 37.5 Å². The van der Waals surface area contributed by atoms with Crippen LogP contribution in [0.3, 0.4) is 0 Å². The molecule has 2 aromatic carbocycles. The number of esters is 1. The molecule has 0 unspecified atom stereocenters. The number of benzene rings is 2. The van der Waals surface area contributed by atoms with E-state index in [1.807, 2.05) is 0 Å². The average molecular weight is 533 g/mol. The Morgan fingerprint density at radius 3 is 2.39 bits per heavy atom. The monoisotopic (exact) mass is 532 g/mol. The summed E-state index contributed by atoms with van der Waals surface area (Å²) in [4.78, 5) is 30.6. The van der Waals surface area contributed by atoms with Gasteiger partial charge in [-0.25, -0.2) is 13.8 Å². The molecular weight excluding hydrogens is 498 g/mol. The van der Waals surface area contributed by atoms with Gasteiger partial charge in [0.25, 0.3) is 5.91 Å². The summed E-state index contributed by atoms with van der Waals surface area (Å²) in [5.41, 5.74) is -1.33. The first-order chi connectivity index (χ1) is 17.9. The van der Waals surface area contributed by atoms with Gasteiger partial charge in [-0.3, -0.25) is 9.59 Å². The van der Waals surface area contributed by atoms with Crippen LogP contribution in [0.15, 0.2) is 47.5 Å². The molecule has 1 heterocycles. The molecule has 0 aliphatic carbocycles. The van der Waals surface area contributed by atoms with Gasteiger partial charge in [0.2, 0.25) is 5.90 Å². The second-order valence-electron chi connectivity index (χ2n) is 10.1. The highest BCUT2D eigenvalue weighted by Gasteiger charge is 2.50. The lowest BCUT2D eigenvalue weighted by Crippen LogP contribution is -2.51. The number of carbonyl (C=O) groups is 2. The van der Waals surface area contributed by atoms with Crippen LogP contribution in [-0.2, 0) is 25.6 Å². The first kappa shape index (κ1) is 29.0. The van der Waals surface area contributed by atoms with E-state index in [9.17, 15) is 18.4 Å². The molecule has 0 saturated heterocycles. The highest BCUT2D eigenvalue weighted by atomic mass is 19.1. The van der Waals surface area contributed by atoms with Crippen molar-refractivity contribution in [2.75, 3.05) is 13.2 Å². The second kappa shape index (κ2) is 12.3. The second-order valence-corrected chi connectivity index (χ2v) is 10.1. The van der Waals surface area contributed by atoms with Gasteiger partial charge in [-0.15, -0.1) is 0 Å². The van der Waals surface area contributed by atoms with Crippen LogP contribution in [0.5, 0.6) is 5.75 Å². The molecule has 1 aliphatic heterocycles. The van der Waals surface area contributed by atoms with Gasteiger partial charge < -0.3 is 24.6 Å². The van der Waals surface area contributed by atoms with Gasteiger partial charge in [-0.2, -0.15) is 0 Å². The number of nitrogens with zero attached hydrogens (tertiary/aromatic N) is 1. The fourth-order valence-corrected chi connectivity index (χ4v) is 3.99. The lowest BCUT2D eigenvalue weighted by Gasteiger charge is -2.28. The normalized spacial score (nSPS) is 18.9. The highest BCUT2D eigenvalue weighted by Crippen LogP contribution is 2.34. The minimum atomic E-state index is -1.48. The van der Waals surface area contributed by atoms with Gasteiger partial charge >= 0.3 is 5.97 Å². The molecule has 2 atom stereocenters. The van der Waals surface area contributed by atoms with Crippen LogP contribution in [0.1, 0.15) is 58.1 Å². The van der Waals surface area contributed by atoms with Crippen LogP contribution in [0, 0.1) is 11.6 Å². The Morgan fingerprint density at radius 1 is 1.13 bits per heavy atom. The maximum Gasteiger partial charge on any atom is 0.306 e. The number of carbonyl (C=O) groups excluding carboxylic acids is 2. The average Bonchev–Trinajstić information content (AvgIpc) is 3.17. The van der Waals surface area contributed by atoms with Gasteiger partial charge in [0.1, 0.15) is 29.1 Å². The summed E-state index contributed by atoms with van der Waals surface area (Å²) in [7, 11) is 0. The molecule has 1 aliphatic rings. The predicted molar refractivity (Wildman–Crippen MR) is 137 cm³/mol. The summed E-state index contributed by atoms with van der Waals surface area (Å²) < 4.78 is 44.2.